The molecule has 1 aliphatic heterocycles. The van der Waals surface area contributed by atoms with Crippen molar-refractivity contribution < 1.29 is 0 Å². The van der Waals surface area contributed by atoms with Crippen molar-refractivity contribution in [3.8, 4) is 0 Å². The van der Waals surface area contributed by atoms with Crippen LogP contribution in [0, 0.1) is 6.92 Å². The van der Waals surface area contributed by atoms with E-state index in [1.54, 1.807) is 0 Å². The molecule has 0 radical (unpaired) electrons. The summed E-state index contributed by atoms with van der Waals surface area (Å²) in [6.45, 7) is 2.79. The lowest BCUT2D eigenvalue weighted by atomic mass is 9.83. The summed E-state index contributed by atoms with van der Waals surface area (Å²) in [5.74, 6) is 1.19. The van der Waals surface area contributed by atoms with Gasteiger partial charge in [0, 0.05) is 17.5 Å². The van der Waals surface area contributed by atoms with Gasteiger partial charge in [-0.05, 0) is 31.4 Å². The van der Waals surface area contributed by atoms with Gasteiger partial charge in [0.05, 0.1) is 12.2 Å². The van der Waals surface area contributed by atoms with Crippen molar-refractivity contribution >= 4 is 16.9 Å². The quantitative estimate of drug-likeness (QED) is 0.900. The summed E-state index contributed by atoms with van der Waals surface area (Å²) in [5.41, 5.74) is 2.66. The minimum absolute atomic E-state index is 0.348. The Bertz CT molecular complexity index is 478. The van der Waals surface area contributed by atoms with E-state index in [2.05, 4.69) is 23.3 Å². The van der Waals surface area contributed by atoms with Crippen LogP contribution in [0.3, 0.4) is 0 Å². The maximum absolute atomic E-state index is 4.71. The van der Waals surface area contributed by atoms with E-state index in [0.717, 1.165) is 10.9 Å². The van der Waals surface area contributed by atoms with Gasteiger partial charge in [-0.1, -0.05) is 37.1 Å². The molecule has 1 saturated heterocycles. The molecule has 1 N–H and O–H groups in total. The normalized spacial score (nSPS) is 23.7. The lowest BCUT2D eigenvalue weighted by molar-refractivity contribution is 0.303. The van der Waals surface area contributed by atoms with Crippen LogP contribution in [0.2, 0.25) is 0 Å². The molecule has 4 heteroatoms. The molecule has 19 heavy (non-hydrogen) atoms. The Kier molecular flexibility index (Phi) is 3.78. The van der Waals surface area contributed by atoms with Crippen LogP contribution in [-0.2, 0) is 6.54 Å². The molecule has 102 valence electrons. The number of aromatic nitrogens is 1. The van der Waals surface area contributed by atoms with Gasteiger partial charge < -0.3 is 5.32 Å². The van der Waals surface area contributed by atoms with Crippen molar-refractivity contribution in [1.82, 2.24) is 10.3 Å². The predicted octanol–water partition coefficient (Wildman–Crippen LogP) is 3.29. The van der Waals surface area contributed by atoms with Gasteiger partial charge in [-0.2, -0.15) is 0 Å². The highest BCUT2D eigenvalue weighted by Gasteiger charge is 2.37. The molecule has 2 fully saturated rings. The van der Waals surface area contributed by atoms with Crippen molar-refractivity contribution in [1.29, 1.82) is 0 Å². The molecule has 1 aromatic rings. The molecule has 1 aliphatic carbocycles. The molecule has 3 rings (SSSR count). The molecule has 0 amide bonds. The first-order chi connectivity index (χ1) is 9.27. The van der Waals surface area contributed by atoms with E-state index in [9.17, 15) is 0 Å². The average molecular weight is 275 g/mol. The molecule has 0 bridgehead atoms. The van der Waals surface area contributed by atoms with Gasteiger partial charge in [-0.25, -0.2) is 0 Å². The standard InChI is InChI=1S/C15H21N3S/c1-12-6-5-9-16-13(12)10-17-14-18-15(11-19-14)7-3-2-4-8-15/h5-6,9H,2-4,7-8,10-11H2,1H3,(H,17,18). The van der Waals surface area contributed by atoms with E-state index in [0.29, 0.717) is 12.1 Å². The molecule has 1 aromatic heterocycles. The summed E-state index contributed by atoms with van der Waals surface area (Å²) in [5, 5.41) is 4.80. The fourth-order valence-electron chi connectivity index (χ4n) is 2.92. The summed E-state index contributed by atoms with van der Waals surface area (Å²) in [4.78, 5) is 9.11. The maximum Gasteiger partial charge on any atom is 0.157 e. The highest BCUT2D eigenvalue weighted by Crippen LogP contribution is 2.36. The Balaban J connectivity index is 1.64. The molecule has 0 unspecified atom stereocenters. The highest BCUT2D eigenvalue weighted by molar-refractivity contribution is 8.14. The Morgan fingerprint density at radius 2 is 2.21 bits per heavy atom. The van der Waals surface area contributed by atoms with Crippen molar-refractivity contribution in [3.63, 3.8) is 0 Å². The van der Waals surface area contributed by atoms with Crippen molar-refractivity contribution in [2.45, 2.75) is 51.1 Å². The van der Waals surface area contributed by atoms with E-state index in [4.69, 9.17) is 4.99 Å². The minimum atomic E-state index is 0.348. The molecule has 1 saturated carbocycles. The molecule has 3 nitrogen and oxygen atoms in total. The third kappa shape index (κ3) is 2.94. The average Bonchev–Trinajstić information content (AvgIpc) is 2.82. The number of rotatable bonds is 2. The van der Waals surface area contributed by atoms with Crippen LogP contribution < -0.4 is 5.32 Å². The predicted molar refractivity (Wildman–Crippen MR) is 81.5 cm³/mol. The van der Waals surface area contributed by atoms with Crippen LogP contribution in [0.25, 0.3) is 0 Å². The number of aryl methyl sites for hydroxylation is 1. The van der Waals surface area contributed by atoms with Crippen LogP contribution in [-0.4, -0.2) is 21.4 Å². The largest absolute Gasteiger partial charge is 0.359 e. The van der Waals surface area contributed by atoms with Gasteiger partial charge in [0.2, 0.25) is 0 Å². The fourth-order valence-corrected chi connectivity index (χ4v) is 4.14. The first-order valence-electron chi connectivity index (χ1n) is 7.13. The minimum Gasteiger partial charge on any atom is -0.359 e. The van der Waals surface area contributed by atoms with Gasteiger partial charge >= 0.3 is 0 Å². The molecule has 1 spiro atoms. The van der Waals surface area contributed by atoms with E-state index in [-0.39, 0.29) is 0 Å². The smallest absolute Gasteiger partial charge is 0.157 e. The number of pyridine rings is 1. The van der Waals surface area contributed by atoms with Gasteiger partial charge in [0.1, 0.15) is 0 Å². The molecule has 2 aliphatic rings. The van der Waals surface area contributed by atoms with Gasteiger partial charge in [-0.15, -0.1) is 0 Å². The van der Waals surface area contributed by atoms with Crippen molar-refractivity contribution in [2.75, 3.05) is 5.75 Å². The lowest BCUT2D eigenvalue weighted by Gasteiger charge is -2.32. The second-order valence-corrected chi connectivity index (χ2v) is 6.61. The number of hydrogen-bond acceptors (Lipinski definition) is 3. The summed E-state index contributed by atoms with van der Waals surface area (Å²) in [7, 11) is 0. The zero-order valence-corrected chi connectivity index (χ0v) is 12.3. The topological polar surface area (TPSA) is 37.3 Å². The first kappa shape index (κ1) is 13.0. The summed E-state index contributed by atoms with van der Waals surface area (Å²) < 4.78 is 0. The lowest BCUT2D eigenvalue weighted by Crippen LogP contribution is -2.45. The molecular formula is C15H21N3S. The van der Waals surface area contributed by atoms with Crippen LogP contribution in [0.5, 0.6) is 0 Å². The zero-order valence-electron chi connectivity index (χ0n) is 11.5. The number of thioether (sulfide) groups is 1. The number of aliphatic imine (C=N–C) groups is 1. The third-order valence-corrected chi connectivity index (χ3v) is 5.36. The van der Waals surface area contributed by atoms with Gasteiger partial charge in [-0.3, -0.25) is 9.98 Å². The number of hydrogen-bond donors (Lipinski definition) is 1. The van der Waals surface area contributed by atoms with E-state index < -0.39 is 0 Å². The van der Waals surface area contributed by atoms with Crippen molar-refractivity contribution in [3.05, 3.63) is 29.6 Å². The van der Waals surface area contributed by atoms with Crippen LogP contribution in [0.4, 0.5) is 0 Å². The van der Waals surface area contributed by atoms with Crippen LogP contribution in [0.1, 0.15) is 43.4 Å². The van der Waals surface area contributed by atoms with E-state index >= 15 is 0 Å². The fraction of sp³-hybridized carbons (Fsp3) is 0.600. The van der Waals surface area contributed by atoms with Crippen LogP contribution >= 0.6 is 11.8 Å². The van der Waals surface area contributed by atoms with Gasteiger partial charge in [0.15, 0.2) is 5.17 Å². The molecule has 0 atom stereocenters. The number of amidine groups is 1. The zero-order chi connectivity index (χ0) is 13.1. The van der Waals surface area contributed by atoms with Crippen molar-refractivity contribution in [2.24, 2.45) is 4.99 Å². The Morgan fingerprint density at radius 1 is 1.37 bits per heavy atom. The maximum atomic E-state index is 4.71. The van der Waals surface area contributed by atoms with Gasteiger partial charge in [0.25, 0.3) is 0 Å². The Hall–Kier alpha value is -1.03. The first-order valence-corrected chi connectivity index (χ1v) is 8.12. The summed E-state index contributed by atoms with van der Waals surface area (Å²) >= 11 is 1.88. The number of nitrogens with one attached hydrogen (secondary N) is 1. The molecule has 0 aromatic carbocycles. The third-order valence-electron chi connectivity index (χ3n) is 4.16. The summed E-state index contributed by atoms with van der Waals surface area (Å²) in [6.07, 6.45) is 8.58. The van der Waals surface area contributed by atoms with E-state index in [1.165, 1.54) is 43.4 Å². The second-order valence-electron chi connectivity index (χ2n) is 5.64. The second kappa shape index (κ2) is 5.53. The number of nitrogens with zero attached hydrogens (tertiary/aromatic N) is 2. The van der Waals surface area contributed by atoms with E-state index in [1.807, 2.05) is 24.0 Å². The highest BCUT2D eigenvalue weighted by atomic mass is 32.2. The Morgan fingerprint density at radius 3 is 3.00 bits per heavy atom. The SMILES string of the molecule is Cc1cccnc1CN=C1NC2(CCCCC2)CS1. The monoisotopic (exact) mass is 275 g/mol. The van der Waals surface area contributed by atoms with Crippen LogP contribution in [0.15, 0.2) is 23.3 Å². The molecular weight excluding hydrogens is 254 g/mol. The Labute approximate surface area is 119 Å². The summed E-state index contributed by atoms with van der Waals surface area (Å²) in [6, 6.07) is 4.08. The molecule has 2 heterocycles.